The van der Waals surface area contributed by atoms with Crippen molar-refractivity contribution in [2.24, 2.45) is 5.92 Å². The normalized spacial score (nSPS) is 22.2. The third kappa shape index (κ3) is 4.43. The molecule has 0 radical (unpaired) electrons. The molecular weight excluding hydrogens is 313 g/mol. The molecule has 8 heteroatoms. The minimum absolute atomic E-state index is 0.161. The Kier molecular flexibility index (Phi) is 5.23. The number of carboxylic acid groups (broad SMARTS) is 1. The topological polar surface area (TPSA) is 79.3 Å². The van der Waals surface area contributed by atoms with E-state index in [1.165, 1.54) is 0 Å². The van der Waals surface area contributed by atoms with Crippen LogP contribution in [-0.4, -0.2) is 28.0 Å². The first-order chi connectivity index (χ1) is 10.8. The summed E-state index contributed by atoms with van der Waals surface area (Å²) in [7, 11) is 0. The van der Waals surface area contributed by atoms with Gasteiger partial charge in [0.2, 0.25) is 0 Å². The molecule has 1 saturated carbocycles. The lowest BCUT2D eigenvalue weighted by Crippen LogP contribution is -2.43. The van der Waals surface area contributed by atoms with Gasteiger partial charge in [-0.2, -0.15) is 13.2 Å². The van der Waals surface area contributed by atoms with E-state index in [4.69, 9.17) is 0 Å². The molecule has 0 saturated heterocycles. The minimum Gasteiger partial charge on any atom is -0.481 e. The average Bonchev–Trinajstić information content (AvgIpc) is 2.72. The largest absolute Gasteiger partial charge is 0.481 e. The van der Waals surface area contributed by atoms with Crippen molar-refractivity contribution in [2.45, 2.75) is 44.3 Å². The number of carbonyl (C=O) groups excluding carboxylic acids is 1. The average molecular weight is 330 g/mol. The van der Waals surface area contributed by atoms with Gasteiger partial charge in [0.05, 0.1) is 11.5 Å². The Labute approximate surface area is 130 Å². The molecule has 1 aromatic heterocycles. The van der Waals surface area contributed by atoms with Gasteiger partial charge < -0.3 is 10.4 Å². The number of hydrogen-bond donors (Lipinski definition) is 2. The van der Waals surface area contributed by atoms with Gasteiger partial charge in [0.25, 0.3) is 5.91 Å². The van der Waals surface area contributed by atoms with Crippen molar-refractivity contribution in [2.75, 3.05) is 0 Å². The summed E-state index contributed by atoms with van der Waals surface area (Å²) >= 11 is 0. The fraction of sp³-hybridized carbons (Fsp3) is 0.533. The summed E-state index contributed by atoms with van der Waals surface area (Å²) in [6.07, 6.45) is -0.440. The number of nitrogens with zero attached hydrogens (tertiary/aromatic N) is 1. The Hall–Kier alpha value is -2.12. The van der Waals surface area contributed by atoms with Crippen molar-refractivity contribution in [1.82, 2.24) is 10.3 Å². The smallest absolute Gasteiger partial charge is 0.417 e. The van der Waals surface area contributed by atoms with Gasteiger partial charge in [-0.05, 0) is 25.0 Å². The summed E-state index contributed by atoms with van der Waals surface area (Å²) in [5, 5.41) is 11.9. The molecule has 1 amide bonds. The van der Waals surface area contributed by atoms with Gasteiger partial charge in [-0.3, -0.25) is 14.6 Å². The van der Waals surface area contributed by atoms with Crippen molar-refractivity contribution >= 4 is 11.9 Å². The molecule has 0 unspecified atom stereocenters. The van der Waals surface area contributed by atoms with Crippen molar-refractivity contribution in [3.8, 4) is 0 Å². The Bertz CT molecular complexity index is 572. The summed E-state index contributed by atoms with van der Waals surface area (Å²) in [6.45, 7) is 0. The van der Waals surface area contributed by atoms with E-state index in [2.05, 4.69) is 10.3 Å². The zero-order chi connectivity index (χ0) is 17.0. The molecule has 23 heavy (non-hydrogen) atoms. The summed E-state index contributed by atoms with van der Waals surface area (Å²) < 4.78 is 37.4. The van der Waals surface area contributed by atoms with Crippen LogP contribution in [0.3, 0.4) is 0 Å². The van der Waals surface area contributed by atoms with Crippen LogP contribution in [0, 0.1) is 5.92 Å². The molecule has 0 aliphatic heterocycles. The quantitative estimate of drug-likeness (QED) is 0.835. The number of alkyl halides is 3. The molecule has 1 aliphatic rings. The molecule has 126 valence electrons. The molecule has 0 aromatic carbocycles. The van der Waals surface area contributed by atoms with E-state index in [9.17, 15) is 27.9 Å². The SMILES string of the molecule is O=C(N[C@H]1CCCCC[C@H]1C(=O)O)c1ccc(C(F)(F)F)cn1. The van der Waals surface area contributed by atoms with Gasteiger partial charge in [0, 0.05) is 12.2 Å². The van der Waals surface area contributed by atoms with Crippen molar-refractivity contribution in [3.63, 3.8) is 0 Å². The van der Waals surface area contributed by atoms with Crippen LogP contribution >= 0.6 is 0 Å². The number of halogens is 3. The number of pyridine rings is 1. The maximum absolute atomic E-state index is 12.5. The van der Waals surface area contributed by atoms with Crippen LogP contribution in [0.25, 0.3) is 0 Å². The Balaban J connectivity index is 2.09. The second-order valence-electron chi connectivity index (χ2n) is 5.59. The lowest BCUT2D eigenvalue weighted by molar-refractivity contribution is -0.143. The second-order valence-corrected chi connectivity index (χ2v) is 5.59. The van der Waals surface area contributed by atoms with Crippen LogP contribution in [-0.2, 0) is 11.0 Å². The Morgan fingerprint density at radius 3 is 2.43 bits per heavy atom. The highest BCUT2D eigenvalue weighted by Crippen LogP contribution is 2.28. The first-order valence-corrected chi connectivity index (χ1v) is 7.36. The number of aromatic nitrogens is 1. The molecule has 1 aromatic rings. The third-order valence-corrected chi connectivity index (χ3v) is 3.97. The van der Waals surface area contributed by atoms with E-state index in [-0.39, 0.29) is 5.69 Å². The fourth-order valence-electron chi connectivity index (χ4n) is 2.71. The van der Waals surface area contributed by atoms with Gasteiger partial charge in [0.15, 0.2) is 0 Å². The summed E-state index contributed by atoms with van der Waals surface area (Å²) in [4.78, 5) is 26.9. The highest BCUT2D eigenvalue weighted by Gasteiger charge is 2.32. The van der Waals surface area contributed by atoms with E-state index in [1.54, 1.807) is 0 Å². The van der Waals surface area contributed by atoms with Gasteiger partial charge in [0.1, 0.15) is 5.69 Å². The molecule has 2 rings (SSSR count). The zero-order valence-corrected chi connectivity index (χ0v) is 12.3. The monoisotopic (exact) mass is 330 g/mol. The number of aliphatic carboxylic acids is 1. The number of nitrogens with one attached hydrogen (secondary N) is 1. The Morgan fingerprint density at radius 2 is 1.87 bits per heavy atom. The number of rotatable bonds is 3. The molecule has 0 spiro atoms. The van der Waals surface area contributed by atoms with Gasteiger partial charge in [-0.25, -0.2) is 0 Å². The number of carbonyl (C=O) groups is 2. The van der Waals surface area contributed by atoms with Crippen LogP contribution < -0.4 is 5.32 Å². The molecule has 1 fully saturated rings. The van der Waals surface area contributed by atoms with E-state index < -0.39 is 35.6 Å². The molecule has 1 aliphatic carbocycles. The second kappa shape index (κ2) is 6.97. The maximum atomic E-state index is 12.5. The molecule has 2 atom stereocenters. The molecule has 0 bridgehead atoms. The molecule has 5 nitrogen and oxygen atoms in total. The number of amides is 1. The zero-order valence-electron chi connectivity index (χ0n) is 12.3. The minimum atomic E-state index is -4.52. The van der Waals surface area contributed by atoms with E-state index >= 15 is 0 Å². The highest BCUT2D eigenvalue weighted by molar-refractivity contribution is 5.92. The maximum Gasteiger partial charge on any atom is 0.417 e. The number of carboxylic acids is 1. The van der Waals surface area contributed by atoms with Gasteiger partial charge in [-0.1, -0.05) is 19.3 Å². The summed E-state index contributed by atoms with van der Waals surface area (Å²) in [6, 6.07) is 1.24. The summed E-state index contributed by atoms with van der Waals surface area (Å²) in [5.41, 5.74) is -1.10. The van der Waals surface area contributed by atoms with Crippen molar-refractivity contribution in [1.29, 1.82) is 0 Å². The first kappa shape index (κ1) is 17.2. The highest BCUT2D eigenvalue weighted by atomic mass is 19.4. The van der Waals surface area contributed by atoms with Crippen LogP contribution in [0.1, 0.15) is 48.2 Å². The Morgan fingerprint density at radius 1 is 1.17 bits per heavy atom. The number of hydrogen-bond acceptors (Lipinski definition) is 3. The lowest BCUT2D eigenvalue weighted by atomic mass is 9.95. The van der Waals surface area contributed by atoms with Crippen LogP contribution in [0.15, 0.2) is 18.3 Å². The van der Waals surface area contributed by atoms with E-state index in [1.807, 2.05) is 0 Å². The van der Waals surface area contributed by atoms with Crippen LogP contribution in [0.5, 0.6) is 0 Å². The van der Waals surface area contributed by atoms with Gasteiger partial charge in [-0.15, -0.1) is 0 Å². The lowest BCUT2D eigenvalue weighted by Gasteiger charge is -2.22. The van der Waals surface area contributed by atoms with Crippen LogP contribution in [0.2, 0.25) is 0 Å². The van der Waals surface area contributed by atoms with Gasteiger partial charge >= 0.3 is 12.1 Å². The van der Waals surface area contributed by atoms with E-state index in [0.29, 0.717) is 19.0 Å². The first-order valence-electron chi connectivity index (χ1n) is 7.36. The molecule has 2 N–H and O–H groups in total. The van der Waals surface area contributed by atoms with Crippen molar-refractivity contribution < 1.29 is 27.9 Å². The predicted molar refractivity (Wildman–Crippen MR) is 74.7 cm³/mol. The molecular formula is C15H17F3N2O3. The molecule has 1 heterocycles. The summed E-state index contributed by atoms with van der Waals surface area (Å²) in [5.74, 6) is -2.31. The standard InChI is InChI=1S/C15H17F3N2O3/c16-15(17,18)9-6-7-12(19-8-9)13(21)20-11-5-3-1-2-4-10(11)14(22)23/h6-8,10-11H,1-5H2,(H,20,21)(H,22,23)/t10-,11+/m1/s1. The third-order valence-electron chi connectivity index (χ3n) is 3.97. The van der Waals surface area contributed by atoms with Crippen LogP contribution in [0.4, 0.5) is 13.2 Å². The van der Waals surface area contributed by atoms with Crippen molar-refractivity contribution in [3.05, 3.63) is 29.6 Å². The van der Waals surface area contributed by atoms with E-state index in [0.717, 1.165) is 31.4 Å². The predicted octanol–water partition coefficient (Wildman–Crippen LogP) is 2.86. The fourth-order valence-corrected chi connectivity index (χ4v) is 2.71.